The van der Waals surface area contributed by atoms with Crippen molar-refractivity contribution in [2.24, 2.45) is 11.8 Å². The Hall–Kier alpha value is -0.610. The van der Waals surface area contributed by atoms with E-state index in [0.29, 0.717) is 18.4 Å². The van der Waals surface area contributed by atoms with E-state index in [-0.39, 0.29) is 12.0 Å². The van der Waals surface area contributed by atoms with Gasteiger partial charge < -0.3 is 14.5 Å². The second kappa shape index (κ2) is 7.41. The van der Waals surface area contributed by atoms with Gasteiger partial charge in [-0.2, -0.15) is 0 Å². The Morgan fingerprint density at radius 2 is 2.00 bits per heavy atom. The molecule has 2 fully saturated rings. The highest BCUT2D eigenvalue weighted by molar-refractivity contribution is 5.79. The van der Waals surface area contributed by atoms with Crippen LogP contribution < -0.4 is 0 Å². The third-order valence-corrected chi connectivity index (χ3v) is 4.95. The van der Waals surface area contributed by atoms with E-state index in [1.165, 1.54) is 0 Å². The highest BCUT2D eigenvalue weighted by atomic mass is 16.5. The SMILES string of the molecule is CCC(CC)C1CN(C(=O)C2CCCN(C)C2)CCO1. The molecule has 0 aliphatic carbocycles. The summed E-state index contributed by atoms with van der Waals surface area (Å²) in [6.07, 6.45) is 4.71. The van der Waals surface area contributed by atoms with Crippen molar-refractivity contribution in [3.63, 3.8) is 0 Å². The second-order valence-electron chi connectivity index (χ2n) is 6.37. The molecular weight excluding hydrogens is 252 g/mol. The predicted molar refractivity (Wildman–Crippen MR) is 80.6 cm³/mol. The number of likely N-dealkylation sites (tertiary alicyclic amines) is 1. The van der Waals surface area contributed by atoms with Gasteiger partial charge in [-0.15, -0.1) is 0 Å². The number of hydrogen-bond acceptors (Lipinski definition) is 3. The van der Waals surface area contributed by atoms with E-state index in [1.807, 2.05) is 0 Å². The van der Waals surface area contributed by atoms with Crippen molar-refractivity contribution in [2.45, 2.75) is 45.6 Å². The molecule has 2 heterocycles. The molecule has 0 radical (unpaired) electrons. The maximum absolute atomic E-state index is 12.7. The zero-order valence-corrected chi connectivity index (χ0v) is 13.3. The molecule has 116 valence electrons. The first-order valence-corrected chi connectivity index (χ1v) is 8.24. The zero-order valence-electron chi connectivity index (χ0n) is 13.3. The number of ether oxygens (including phenoxy) is 1. The lowest BCUT2D eigenvalue weighted by Gasteiger charge is -2.39. The Morgan fingerprint density at radius 3 is 2.65 bits per heavy atom. The number of piperidine rings is 1. The van der Waals surface area contributed by atoms with Crippen molar-refractivity contribution in [1.82, 2.24) is 9.80 Å². The van der Waals surface area contributed by atoms with Gasteiger partial charge in [-0.05, 0) is 32.4 Å². The van der Waals surface area contributed by atoms with E-state index in [4.69, 9.17) is 4.74 Å². The monoisotopic (exact) mass is 282 g/mol. The Kier molecular flexibility index (Phi) is 5.85. The minimum Gasteiger partial charge on any atom is -0.374 e. The third kappa shape index (κ3) is 3.73. The van der Waals surface area contributed by atoms with E-state index in [1.54, 1.807) is 0 Å². The number of hydrogen-bond donors (Lipinski definition) is 0. The summed E-state index contributed by atoms with van der Waals surface area (Å²) in [5, 5.41) is 0. The summed E-state index contributed by atoms with van der Waals surface area (Å²) in [5.41, 5.74) is 0. The molecule has 0 aromatic rings. The fourth-order valence-electron chi connectivity index (χ4n) is 3.60. The summed E-state index contributed by atoms with van der Waals surface area (Å²) < 4.78 is 5.91. The van der Waals surface area contributed by atoms with Gasteiger partial charge in [0.1, 0.15) is 0 Å². The van der Waals surface area contributed by atoms with Crippen LogP contribution in [0.25, 0.3) is 0 Å². The van der Waals surface area contributed by atoms with Crippen LogP contribution in [0.3, 0.4) is 0 Å². The van der Waals surface area contributed by atoms with Gasteiger partial charge in [-0.1, -0.05) is 26.7 Å². The summed E-state index contributed by atoms with van der Waals surface area (Å²) in [6, 6.07) is 0. The first-order chi connectivity index (χ1) is 9.65. The van der Waals surface area contributed by atoms with Crippen molar-refractivity contribution in [1.29, 1.82) is 0 Å². The largest absolute Gasteiger partial charge is 0.374 e. The Morgan fingerprint density at radius 1 is 1.25 bits per heavy atom. The molecule has 20 heavy (non-hydrogen) atoms. The molecule has 0 aromatic heterocycles. The van der Waals surface area contributed by atoms with Crippen molar-refractivity contribution in [2.75, 3.05) is 39.8 Å². The first kappa shape index (κ1) is 15.8. The van der Waals surface area contributed by atoms with Crippen LogP contribution >= 0.6 is 0 Å². The molecule has 0 N–H and O–H groups in total. The van der Waals surface area contributed by atoms with Crippen LogP contribution in [0, 0.1) is 11.8 Å². The molecule has 4 nitrogen and oxygen atoms in total. The number of nitrogens with zero attached hydrogens (tertiary/aromatic N) is 2. The molecule has 2 rings (SSSR count). The van der Waals surface area contributed by atoms with Crippen molar-refractivity contribution < 1.29 is 9.53 Å². The van der Waals surface area contributed by atoms with Gasteiger partial charge >= 0.3 is 0 Å². The number of amides is 1. The normalized spacial score (nSPS) is 28.9. The third-order valence-electron chi connectivity index (χ3n) is 4.95. The van der Waals surface area contributed by atoms with Gasteiger partial charge in [0.2, 0.25) is 5.91 Å². The van der Waals surface area contributed by atoms with E-state index in [0.717, 1.165) is 51.9 Å². The fourth-order valence-corrected chi connectivity index (χ4v) is 3.60. The first-order valence-electron chi connectivity index (χ1n) is 8.24. The lowest BCUT2D eigenvalue weighted by molar-refractivity contribution is -0.147. The van der Waals surface area contributed by atoms with Crippen molar-refractivity contribution in [3.8, 4) is 0 Å². The van der Waals surface area contributed by atoms with Gasteiger partial charge in [-0.3, -0.25) is 4.79 Å². The van der Waals surface area contributed by atoms with Crippen LogP contribution in [-0.4, -0.2) is 61.6 Å². The summed E-state index contributed by atoms with van der Waals surface area (Å²) >= 11 is 0. The van der Waals surface area contributed by atoms with Crippen molar-refractivity contribution in [3.05, 3.63) is 0 Å². The van der Waals surface area contributed by atoms with Crippen LogP contribution in [0.4, 0.5) is 0 Å². The molecule has 2 atom stereocenters. The minimum atomic E-state index is 0.203. The molecule has 2 saturated heterocycles. The quantitative estimate of drug-likeness (QED) is 0.790. The average molecular weight is 282 g/mol. The molecule has 0 bridgehead atoms. The summed E-state index contributed by atoms with van der Waals surface area (Å²) in [6.45, 7) is 8.76. The Balaban J connectivity index is 1.92. The highest BCUT2D eigenvalue weighted by Gasteiger charge is 2.33. The maximum atomic E-state index is 12.7. The Bertz CT molecular complexity index is 318. The molecular formula is C16H30N2O2. The fraction of sp³-hybridized carbons (Fsp3) is 0.938. The lowest BCUT2D eigenvalue weighted by atomic mass is 9.93. The topological polar surface area (TPSA) is 32.8 Å². The molecule has 0 saturated carbocycles. The Labute approximate surface area is 123 Å². The minimum absolute atomic E-state index is 0.203. The summed E-state index contributed by atoms with van der Waals surface area (Å²) in [4.78, 5) is 17.0. The second-order valence-corrected chi connectivity index (χ2v) is 6.37. The maximum Gasteiger partial charge on any atom is 0.227 e. The van der Waals surface area contributed by atoms with E-state index >= 15 is 0 Å². The standard InChI is InChI=1S/C16H30N2O2/c1-4-13(5-2)15-12-18(9-10-20-15)16(19)14-7-6-8-17(3)11-14/h13-15H,4-12H2,1-3H3. The average Bonchev–Trinajstić information content (AvgIpc) is 2.48. The zero-order chi connectivity index (χ0) is 14.5. The van der Waals surface area contributed by atoms with Gasteiger partial charge in [0, 0.05) is 19.6 Å². The van der Waals surface area contributed by atoms with Gasteiger partial charge in [-0.25, -0.2) is 0 Å². The van der Waals surface area contributed by atoms with Crippen LogP contribution in [0.5, 0.6) is 0 Å². The molecule has 2 aliphatic rings. The van der Waals surface area contributed by atoms with E-state index < -0.39 is 0 Å². The summed E-state index contributed by atoms with van der Waals surface area (Å²) in [7, 11) is 2.12. The predicted octanol–water partition coefficient (Wildman–Crippen LogP) is 1.99. The van der Waals surface area contributed by atoms with E-state index in [2.05, 4.69) is 30.7 Å². The lowest BCUT2D eigenvalue weighted by Crippen LogP contribution is -2.51. The van der Waals surface area contributed by atoms with Crippen molar-refractivity contribution >= 4 is 5.91 Å². The molecule has 4 heteroatoms. The highest BCUT2D eigenvalue weighted by Crippen LogP contribution is 2.23. The molecule has 0 aromatic carbocycles. The van der Waals surface area contributed by atoms with Gasteiger partial charge in [0.05, 0.1) is 18.6 Å². The number of morpholine rings is 1. The number of rotatable bonds is 4. The smallest absolute Gasteiger partial charge is 0.227 e. The van der Waals surface area contributed by atoms with Crippen LogP contribution in [0.1, 0.15) is 39.5 Å². The molecule has 2 aliphatic heterocycles. The molecule has 0 spiro atoms. The van der Waals surface area contributed by atoms with Crippen LogP contribution in [-0.2, 0) is 9.53 Å². The molecule has 1 amide bonds. The van der Waals surface area contributed by atoms with E-state index in [9.17, 15) is 4.79 Å². The van der Waals surface area contributed by atoms with Crippen LogP contribution in [0.2, 0.25) is 0 Å². The number of carbonyl (C=O) groups excluding carboxylic acids is 1. The van der Waals surface area contributed by atoms with Crippen LogP contribution in [0.15, 0.2) is 0 Å². The summed E-state index contributed by atoms with van der Waals surface area (Å²) in [5.74, 6) is 1.14. The van der Waals surface area contributed by atoms with Gasteiger partial charge in [0.25, 0.3) is 0 Å². The van der Waals surface area contributed by atoms with Gasteiger partial charge in [0.15, 0.2) is 0 Å². The molecule has 2 unspecified atom stereocenters. The number of carbonyl (C=O) groups is 1.